The van der Waals surface area contributed by atoms with Crippen LogP contribution in [0.4, 0.5) is 0 Å². The Hall–Kier alpha value is -2.53. The van der Waals surface area contributed by atoms with Crippen molar-refractivity contribution in [3.05, 3.63) is 70.9 Å². The summed E-state index contributed by atoms with van der Waals surface area (Å²) in [6.07, 6.45) is 0. The molecule has 1 amide bonds. The van der Waals surface area contributed by atoms with Gasteiger partial charge in [0.2, 0.25) is 0 Å². The third-order valence-corrected chi connectivity index (χ3v) is 5.55. The minimum absolute atomic E-state index is 0.114. The van der Waals surface area contributed by atoms with E-state index < -0.39 is 0 Å². The van der Waals surface area contributed by atoms with Crippen molar-refractivity contribution in [3.63, 3.8) is 0 Å². The van der Waals surface area contributed by atoms with Gasteiger partial charge in [-0.3, -0.25) is 9.48 Å². The van der Waals surface area contributed by atoms with E-state index in [2.05, 4.69) is 41.6 Å². The molecular weight excluding hydrogens is 330 g/mol. The van der Waals surface area contributed by atoms with E-state index in [0.717, 1.165) is 28.1 Å². The van der Waals surface area contributed by atoms with Crippen molar-refractivity contribution in [1.29, 1.82) is 0 Å². The zero-order valence-electron chi connectivity index (χ0n) is 14.2. The molecule has 4 rings (SSSR count). The van der Waals surface area contributed by atoms with Crippen LogP contribution in [-0.4, -0.2) is 15.7 Å². The highest BCUT2D eigenvalue weighted by Crippen LogP contribution is 2.42. The molecule has 5 heteroatoms. The highest BCUT2D eigenvalue weighted by atomic mass is 32.2. The fourth-order valence-corrected chi connectivity index (χ4v) is 4.20. The van der Waals surface area contributed by atoms with Crippen molar-refractivity contribution in [2.45, 2.75) is 24.1 Å². The lowest BCUT2D eigenvalue weighted by Crippen LogP contribution is -2.24. The molecule has 1 N–H and O–H groups in total. The van der Waals surface area contributed by atoms with Crippen LogP contribution in [0.25, 0.3) is 11.3 Å². The smallest absolute Gasteiger partial charge is 0.272 e. The van der Waals surface area contributed by atoms with Crippen LogP contribution in [0.3, 0.4) is 0 Å². The fraction of sp³-hybridized carbons (Fsp3) is 0.200. The number of thioether (sulfide) groups is 1. The van der Waals surface area contributed by atoms with Crippen LogP contribution in [0.5, 0.6) is 0 Å². The van der Waals surface area contributed by atoms with Gasteiger partial charge in [-0.1, -0.05) is 48.0 Å². The number of carbonyl (C=O) groups is 1. The SMILES string of the molecule is Cc1ccc(CNC(=O)c2nn(C)c3c2CSc2ccccc2-3)cc1. The van der Waals surface area contributed by atoms with Gasteiger partial charge in [-0.2, -0.15) is 5.10 Å². The summed E-state index contributed by atoms with van der Waals surface area (Å²) in [5, 5.41) is 7.51. The van der Waals surface area contributed by atoms with Crippen molar-refractivity contribution in [2.75, 3.05) is 0 Å². The van der Waals surface area contributed by atoms with E-state index >= 15 is 0 Å². The number of amides is 1. The second-order valence-electron chi connectivity index (χ2n) is 6.25. The van der Waals surface area contributed by atoms with Crippen LogP contribution in [-0.2, 0) is 19.3 Å². The predicted molar refractivity (Wildman–Crippen MR) is 101 cm³/mol. The minimum Gasteiger partial charge on any atom is -0.347 e. The number of hydrogen-bond acceptors (Lipinski definition) is 3. The first-order chi connectivity index (χ1) is 12.1. The zero-order valence-corrected chi connectivity index (χ0v) is 15.1. The molecular formula is C20H19N3OS. The Bertz CT molecular complexity index is 944. The quantitative estimate of drug-likeness (QED) is 0.779. The van der Waals surface area contributed by atoms with E-state index in [1.807, 2.05) is 36.0 Å². The maximum Gasteiger partial charge on any atom is 0.272 e. The van der Waals surface area contributed by atoms with Gasteiger partial charge in [0.1, 0.15) is 0 Å². The Morgan fingerprint density at radius 2 is 1.96 bits per heavy atom. The molecule has 0 bridgehead atoms. The molecule has 0 saturated heterocycles. The average molecular weight is 349 g/mol. The number of nitrogens with zero attached hydrogens (tertiary/aromatic N) is 2. The van der Waals surface area contributed by atoms with E-state index in [1.165, 1.54) is 10.5 Å². The van der Waals surface area contributed by atoms with Crippen LogP contribution >= 0.6 is 11.8 Å². The molecule has 126 valence electrons. The number of carbonyl (C=O) groups excluding carboxylic acids is 1. The summed E-state index contributed by atoms with van der Waals surface area (Å²) in [4.78, 5) is 13.9. The molecule has 0 unspecified atom stereocenters. The Balaban J connectivity index is 1.60. The molecule has 0 atom stereocenters. The van der Waals surface area contributed by atoms with Gasteiger partial charge in [0.05, 0.1) is 5.69 Å². The van der Waals surface area contributed by atoms with Crippen molar-refractivity contribution in [3.8, 4) is 11.3 Å². The highest BCUT2D eigenvalue weighted by molar-refractivity contribution is 7.98. The fourth-order valence-electron chi connectivity index (χ4n) is 3.13. The third kappa shape index (κ3) is 2.96. The van der Waals surface area contributed by atoms with Gasteiger partial charge in [0, 0.05) is 35.4 Å². The molecule has 1 aliphatic rings. The van der Waals surface area contributed by atoms with Crippen LogP contribution in [0.15, 0.2) is 53.4 Å². The van der Waals surface area contributed by atoms with E-state index in [-0.39, 0.29) is 5.91 Å². The minimum atomic E-state index is -0.114. The summed E-state index contributed by atoms with van der Waals surface area (Å²) in [5.41, 5.74) is 6.06. The molecule has 2 heterocycles. The summed E-state index contributed by atoms with van der Waals surface area (Å²) in [6.45, 7) is 2.56. The first kappa shape index (κ1) is 16.0. The Labute approximate surface area is 151 Å². The van der Waals surface area contributed by atoms with Crippen molar-refractivity contribution >= 4 is 17.7 Å². The van der Waals surface area contributed by atoms with E-state index in [0.29, 0.717) is 12.2 Å². The van der Waals surface area contributed by atoms with E-state index in [4.69, 9.17) is 0 Å². The largest absolute Gasteiger partial charge is 0.347 e. The van der Waals surface area contributed by atoms with Gasteiger partial charge in [-0.25, -0.2) is 0 Å². The summed E-state index contributed by atoms with van der Waals surface area (Å²) < 4.78 is 1.83. The Morgan fingerprint density at radius 1 is 1.20 bits per heavy atom. The lowest BCUT2D eigenvalue weighted by Gasteiger charge is -2.16. The lowest BCUT2D eigenvalue weighted by molar-refractivity contribution is 0.0944. The van der Waals surface area contributed by atoms with Gasteiger partial charge >= 0.3 is 0 Å². The second kappa shape index (κ2) is 6.41. The van der Waals surface area contributed by atoms with Crippen LogP contribution in [0, 0.1) is 6.92 Å². The van der Waals surface area contributed by atoms with Crippen LogP contribution < -0.4 is 5.32 Å². The molecule has 1 aliphatic heterocycles. The van der Waals surface area contributed by atoms with E-state index in [1.54, 1.807) is 11.8 Å². The molecule has 25 heavy (non-hydrogen) atoms. The summed E-state index contributed by atoms with van der Waals surface area (Å²) in [5.74, 6) is 0.658. The maximum atomic E-state index is 12.7. The standard InChI is InChI=1S/C20H19N3OS/c1-13-7-9-14(10-8-13)11-21-20(24)18-16-12-25-17-6-4-3-5-15(17)19(16)23(2)22-18/h3-10H,11-12H2,1-2H3,(H,21,24). The molecule has 0 fully saturated rings. The van der Waals surface area contributed by atoms with Gasteiger partial charge < -0.3 is 5.32 Å². The number of hydrogen-bond donors (Lipinski definition) is 1. The first-order valence-corrected chi connectivity index (χ1v) is 9.24. The Morgan fingerprint density at radius 3 is 2.76 bits per heavy atom. The van der Waals surface area contributed by atoms with Gasteiger partial charge in [0.25, 0.3) is 5.91 Å². The summed E-state index contributed by atoms with van der Waals surface area (Å²) in [6, 6.07) is 16.5. The molecule has 1 aromatic heterocycles. The summed E-state index contributed by atoms with van der Waals surface area (Å²) >= 11 is 1.76. The average Bonchev–Trinajstić information content (AvgIpc) is 2.98. The zero-order chi connectivity index (χ0) is 17.4. The maximum absolute atomic E-state index is 12.7. The number of aromatic nitrogens is 2. The van der Waals surface area contributed by atoms with Gasteiger partial charge in [-0.05, 0) is 18.6 Å². The third-order valence-electron chi connectivity index (χ3n) is 4.45. The Kier molecular flexibility index (Phi) is 4.09. The van der Waals surface area contributed by atoms with Crippen molar-refractivity contribution in [2.24, 2.45) is 7.05 Å². The van der Waals surface area contributed by atoms with Crippen molar-refractivity contribution < 1.29 is 4.79 Å². The van der Waals surface area contributed by atoms with Crippen LogP contribution in [0.1, 0.15) is 27.2 Å². The van der Waals surface area contributed by atoms with Crippen LogP contribution in [0.2, 0.25) is 0 Å². The molecule has 2 aromatic carbocycles. The topological polar surface area (TPSA) is 46.9 Å². The van der Waals surface area contributed by atoms with E-state index in [9.17, 15) is 4.79 Å². The van der Waals surface area contributed by atoms with Gasteiger partial charge in [-0.15, -0.1) is 11.8 Å². The summed E-state index contributed by atoms with van der Waals surface area (Å²) in [7, 11) is 1.91. The van der Waals surface area contributed by atoms with Gasteiger partial charge in [0.15, 0.2) is 5.69 Å². The molecule has 0 aliphatic carbocycles. The number of benzene rings is 2. The molecule has 3 aromatic rings. The number of nitrogens with one attached hydrogen (secondary N) is 1. The predicted octanol–water partition coefficient (Wildman–Crippen LogP) is 3.93. The lowest BCUT2D eigenvalue weighted by atomic mass is 10.1. The number of aryl methyl sites for hydroxylation is 2. The first-order valence-electron chi connectivity index (χ1n) is 8.25. The number of rotatable bonds is 3. The molecule has 0 radical (unpaired) electrons. The van der Waals surface area contributed by atoms with Crippen molar-refractivity contribution in [1.82, 2.24) is 15.1 Å². The second-order valence-corrected chi connectivity index (χ2v) is 7.27. The highest BCUT2D eigenvalue weighted by Gasteiger charge is 2.27. The normalized spacial score (nSPS) is 12.4. The molecule has 0 spiro atoms. The molecule has 0 saturated carbocycles. The molecule has 4 nitrogen and oxygen atoms in total. The monoisotopic (exact) mass is 349 g/mol. The number of fused-ring (bicyclic) bond motifs is 3.